The minimum atomic E-state index is -0.587. The van der Waals surface area contributed by atoms with Crippen molar-refractivity contribution in [3.8, 4) is 28.3 Å². The summed E-state index contributed by atoms with van der Waals surface area (Å²) in [5, 5.41) is 0.267. The molecule has 2 aromatic carbocycles. The molecule has 0 aliphatic carbocycles. The third kappa shape index (κ3) is 4.83. The van der Waals surface area contributed by atoms with Gasteiger partial charge in [0.1, 0.15) is 23.4 Å². The first-order valence-corrected chi connectivity index (χ1v) is 12.3. The summed E-state index contributed by atoms with van der Waals surface area (Å²) in [6, 6.07) is 6.47. The van der Waals surface area contributed by atoms with Gasteiger partial charge in [-0.25, -0.2) is 14.2 Å². The fraction of sp³-hybridized carbons (Fsp3) is 0.333. The molecular formula is C27H28ClFN4O4. The number of hydrogen-bond acceptors (Lipinski definition) is 6. The smallest absolute Gasteiger partial charge is 0.410 e. The quantitative estimate of drug-likeness (QED) is 0.441. The maximum absolute atomic E-state index is 15.1. The highest BCUT2D eigenvalue weighted by atomic mass is 35.5. The van der Waals surface area contributed by atoms with Crippen LogP contribution in [0.4, 0.5) is 9.18 Å². The summed E-state index contributed by atoms with van der Waals surface area (Å²) in [6.07, 6.45) is 6.39. The van der Waals surface area contributed by atoms with Crippen molar-refractivity contribution >= 4 is 17.7 Å². The number of ether oxygens (including phenoxy) is 3. The van der Waals surface area contributed by atoms with Crippen LogP contribution >= 0.6 is 11.6 Å². The lowest BCUT2D eigenvalue weighted by Gasteiger charge is -2.37. The highest BCUT2D eigenvalue weighted by molar-refractivity contribution is 6.35. The van der Waals surface area contributed by atoms with Gasteiger partial charge in [-0.1, -0.05) is 17.7 Å². The molecule has 0 saturated carbocycles. The van der Waals surface area contributed by atoms with Crippen LogP contribution in [-0.2, 0) is 11.3 Å². The van der Waals surface area contributed by atoms with E-state index in [0.29, 0.717) is 43.2 Å². The minimum absolute atomic E-state index is 0.244. The summed E-state index contributed by atoms with van der Waals surface area (Å²) in [4.78, 5) is 20.7. The summed E-state index contributed by atoms with van der Waals surface area (Å²) in [6.45, 7) is 7.41. The number of hydrogen-bond donors (Lipinski definition) is 0. The zero-order valence-electron chi connectivity index (χ0n) is 21.1. The number of carbonyl (C=O) groups is 1. The Balaban J connectivity index is 1.58. The van der Waals surface area contributed by atoms with E-state index in [1.165, 1.54) is 13.2 Å². The lowest BCUT2D eigenvalue weighted by molar-refractivity contribution is 0.0193. The molecule has 1 aromatic heterocycles. The largest absolute Gasteiger partial charge is 0.496 e. The van der Waals surface area contributed by atoms with Crippen LogP contribution in [0.1, 0.15) is 26.3 Å². The predicted octanol–water partition coefficient (Wildman–Crippen LogP) is 5.63. The third-order valence-electron chi connectivity index (χ3n) is 6.26. The van der Waals surface area contributed by atoms with Gasteiger partial charge in [-0.2, -0.15) is 0 Å². The highest BCUT2D eigenvalue weighted by Crippen LogP contribution is 2.46. The van der Waals surface area contributed by atoms with Gasteiger partial charge >= 0.3 is 6.09 Å². The second-order valence-corrected chi connectivity index (χ2v) is 10.3. The number of amides is 1. The molecule has 0 spiro atoms. The summed E-state index contributed by atoms with van der Waals surface area (Å²) in [5.41, 5.74) is 2.48. The van der Waals surface area contributed by atoms with Crippen LogP contribution in [-0.4, -0.2) is 57.8 Å². The van der Waals surface area contributed by atoms with E-state index in [1.807, 2.05) is 37.6 Å². The molecule has 0 unspecified atom stereocenters. The number of aromatic nitrogens is 2. The van der Waals surface area contributed by atoms with E-state index in [4.69, 9.17) is 25.8 Å². The molecule has 3 heterocycles. The summed E-state index contributed by atoms with van der Waals surface area (Å²) < 4.78 is 34.1. The average Bonchev–Trinajstić information content (AvgIpc) is 3.31. The number of piperazine rings is 1. The first-order valence-electron chi connectivity index (χ1n) is 11.9. The molecule has 2 aliphatic rings. The van der Waals surface area contributed by atoms with Crippen molar-refractivity contribution in [1.29, 1.82) is 0 Å². The Bertz CT molecular complexity index is 1370. The number of carbonyl (C=O) groups excluding carboxylic acids is 1. The molecule has 0 atom stereocenters. The van der Waals surface area contributed by atoms with E-state index in [0.717, 1.165) is 16.9 Å². The first-order chi connectivity index (χ1) is 17.7. The van der Waals surface area contributed by atoms with Crippen LogP contribution in [0.5, 0.6) is 11.5 Å². The summed E-state index contributed by atoms with van der Waals surface area (Å²) >= 11 is 6.91. The molecule has 0 bridgehead atoms. The normalized spacial score (nSPS) is 15.2. The van der Waals surface area contributed by atoms with E-state index in [9.17, 15) is 4.79 Å². The van der Waals surface area contributed by atoms with Crippen LogP contribution in [0, 0.1) is 5.82 Å². The summed E-state index contributed by atoms with van der Waals surface area (Å²) in [7, 11) is 1.49. The van der Waals surface area contributed by atoms with Crippen molar-refractivity contribution in [3.05, 3.63) is 71.3 Å². The number of methoxy groups -OCH3 is 1. The number of nitrogens with zero attached hydrogens (tertiary/aromatic N) is 4. The molecule has 2 aliphatic heterocycles. The van der Waals surface area contributed by atoms with Gasteiger partial charge in [0.05, 0.1) is 42.0 Å². The lowest BCUT2D eigenvalue weighted by Crippen LogP contribution is -2.48. The topological polar surface area (TPSA) is 69.1 Å². The maximum Gasteiger partial charge on any atom is 0.410 e. The highest BCUT2D eigenvalue weighted by Gasteiger charge is 2.33. The molecule has 37 heavy (non-hydrogen) atoms. The molecular weight excluding hydrogens is 499 g/mol. The number of fused-ring (bicyclic) bond motifs is 2. The Hall–Kier alpha value is -3.72. The monoisotopic (exact) mass is 526 g/mol. The van der Waals surface area contributed by atoms with Crippen molar-refractivity contribution in [2.45, 2.75) is 32.9 Å². The third-order valence-corrected chi connectivity index (χ3v) is 6.63. The zero-order chi connectivity index (χ0) is 26.3. The Kier molecular flexibility index (Phi) is 6.49. The van der Waals surface area contributed by atoms with Gasteiger partial charge < -0.3 is 28.6 Å². The van der Waals surface area contributed by atoms with Crippen LogP contribution in [0.2, 0.25) is 5.02 Å². The van der Waals surface area contributed by atoms with Gasteiger partial charge in [-0.3, -0.25) is 0 Å². The number of benzene rings is 2. The fourth-order valence-electron chi connectivity index (χ4n) is 4.54. The SMILES string of the molecule is COc1cccc(F)c1-c1cc(-n2ccnc2)c2c(c1Cl)OC=C1CN(C(=O)OC(C)(C)C)CCN1C2. The van der Waals surface area contributed by atoms with E-state index in [-0.39, 0.29) is 16.7 Å². The van der Waals surface area contributed by atoms with Gasteiger partial charge in [-0.15, -0.1) is 0 Å². The van der Waals surface area contributed by atoms with Gasteiger partial charge in [0.25, 0.3) is 0 Å². The predicted molar refractivity (Wildman–Crippen MR) is 137 cm³/mol. The lowest BCUT2D eigenvalue weighted by atomic mass is 9.99. The van der Waals surface area contributed by atoms with E-state index < -0.39 is 11.4 Å². The molecule has 1 fully saturated rings. The molecule has 1 saturated heterocycles. The fourth-order valence-corrected chi connectivity index (χ4v) is 4.84. The van der Waals surface area contributed by atoms with Gasteiger partial charge in [-0.05, 0) is 39.0 Å². The molecule has 5 rings (SSSR count). The average molecular weight is 527 g/mol. The molecule has 1 amide bonds. The molecule has 194 valence electrons. The Morgan fingerprint density at radius 3 is 2.73 bits per heavy atom. The van der Waals surface area contributed by atoms with Crippen molar-refractivity contribution in [3.63, 3.8) is 0 Å². The minimum Gasteiger partial charge on any atom is -0.496 e. The number of imidazole rings is 1. The van der Waals surface area contributed by atoms with E-state index in [2.05, 4.69) is 9.88 Å². The van der Waals surface area contributed by atoms with Crippen LogP contribution in [0.15, 0.2) is 54.9 Å². The second-order valence-electron chi connectivity index (χ2n) is 9.90. The standard InChI is InChI=1S/C27H28ClFN4O4/c1-27(2,3)37-26(34)32-11-10-31-14-19-21(33-9-8-30-16-33)12-18(23-20(29)6-5-7-22(23)35-4)24(28)25(19)36-15-17(31)13-32/h5-9,12,15-16H,10-11,13-14H2,1-4H3. The maximum atomic E-state index is 15.1. The van der Waals surface area contributed by atoms with Crippen molar-refractivity contribution in [2.75, 3.05) is 26.7 Å². The van der Waals surface area contributed by atoms with Crippen LogP contribution in [0.25, 0.3) is 16.8 Å². The van der Waals surface area contributed by atoms with Crippen molar-refractivity contribution in [1.82, 2.24) is 19.4 Å². The second kappa shape index (κ2) is 9.63. The molecule has 0 radical (unpaired) electrons. The Morgan fingerprint density at radius 1 is 1.22 bits per heavy atom. The number of halogens is 2. The van der Waals surface area contributed by atoms with E-state index in [1.54, 1.807) is 35.8 Å². The Morgan fingerprint density at radius 2 is 2.03 bits per heavy atom. The van der Waals surface area contributed by atoms with Gasteiger partial charge in [0.15, 0.2) is 5.75 Å². The van der Waals surface area contributed by atoms with Crippen LogP contribution in [0.3, 0.4) is 0 Å². The number of rotatable bonds is 3. The molecule has 10 heteroatoms. The van der Waals surface area contributed by atoms with Crippen LogP contribution < -0.4 is 9.47 Å². The van der Waals surface area contributed by atoms with Gasteiger partial charge in [0, 0.05) is 43.2 Å². The first kappa shape index (κ1) is 25.0. The Labute approximate surface area is 219 Å². The van der Waals surface area contributed by atoms with E-state index >= 15 is 4.39 Å². The molecule has 8 nitrogen and oxygen atoms in total. The van der Waals surface area contributed by atoms with Crippen molar-refractivity contribution in [2.24, 2.45) is 0 Å². The van der Waals surface area contributed by atoms with Gasteiger partial charge in [0.2, 0.25) is 0 Å². The molecule has 3 aromatic rings. The zero-order valence-corrected chi connectivity index (χ0v) is 21.9. The molecule has 0 N–H and O–H groups in total. The van der Waals surface area contributed by atoms with Crippen molar-refractivity contribution < 1.29 is 23.4 Å². The summed E-state index contributed by atoms with van der Waals surface area (Å²) in [5.74, 6) is 0.310.